The zero-order valence-corrected chi connectivity index (χ0v) is 49.0. The summed E-state index contributed by atoms with van der Waals surface area (Å²) in [5.41, 5.74) is 23.9. The van der Waals surface area contributed by atoms with E-state index in [0.29, 0.717) is 0 Å². The molecule has 18 N–H and O–H groups in total. The molecular formula is C41H52N20O25P4. The number of hydrogen-bond donors (Lipinski definition) is 14. The predicted molar refractivity (Wildman–Crippen MR) is 289 cm³/mol. The molecule has 0 aromatic carbocycles. The van der Waals surface area contributed by atoms with Crippen LogP contribution in [0.3, 0.4) is 0 Å². The topological polar surface area (TPSA) is 651 Å². The van der Waals surface area contributed by atoms with Gasteiger partial charge in [-0.15, -0.1) is 0 Å². The van der Waals surface area contributed by atoms with E-state index in [2.05, 4.69) is 64.3 Å². The Bertz CT molecular complexity index is 4200. The summed E-state index contributed by atoms with van der Waals surface area (Å²) in [7, 11) is -21.8. The SMILES string of the molecule is Cc1nc2c(N)ncnc2n1[C@@H]1O[C@H](COP(=O)(O)O[C@@H]2[C@H](O)[C@@H](COP(=O)(O)O[C@@H]3[C@H](O)[C@@H](COP(=O)(O)O[C@@H]4[C@H](O)[C@@H](COP(=O)(O)O)O[C@H]4n4cnc5c(N)ncnc54)O[C@H]3n3cnc4c(N)ncnc43)O[C@H]2n2cnc3c(N)ncnc32)[C@@H](O)[C@H]1O. The number of aliphatic hydroxyl groups is 5. The Labute approximate surface area is 499 Å². The highest BCUT2D eigenvalue weighted by Gasteiger charge is 2.55. The smallest absolute Gasteiger partial charge is 0.387 e. The van der Waals surface area contributed by atoms with E-state index in [1.807, 2.05) is 0 Å². The third kappa shape index (κ3) is 12.3. The first-order valence-electron chi connectivity index (χ1n) is 26.0. The summed E-state index contributed by atoms with van der Waals surface area (Å²) in [5.74, 6) is -0.137. The molecule has 486 valence electrons. The first-order valence-corrected chi connectivity index (χ1v) is 32.0. The number of ether oxygens (including phenoxy) is 4. The Morgan fingerprint density at radius 3 is 1.09 bits per heavy atom. The van der Waals surface area contributed by atoms with Crippen molar-refractivity contribution >= 4 is 99.2 Å². The van der Waals surface area contributed by atoms with Gasteiger partial charge in [-0.2, -0.15) is 0 Å². The van der Waals surface area contributed by atoms with Gasteiger partial charge in [-0.1, -0.05) is 0 Å². The lowest BCUT2D eigenvalue weighted by Gasteiger charge is -2.25. The third-order valence-corrected chi connectivity index (χ3v) is 18.0. The number of rotatable bonds is 22. The highest BCUT2D eigenvalue weighted by Crippen LogP contribution is 2.55. The number of anilines is 4. The van der Waals surface area contributed by atoms with Gasteiger partial charge in [0.05, 0.1) is 45.4 Å². The molecule has 90 heavy (non-hydrogen) atoms. The van der Waals surface area contributed by atoms with Crippen LogP contribution in [0.15, 0.2) is 44.3 Å². The minimum atomic E-state index is -5.63. The van der Waals surface area contributed by atoms with Crippen molar-refractivity contribution in [3.05, 3.63) is 50.1 Å². The molecule has 0 amide bonds. The Hall–Kier alpha value is -6.52. The van der Waals surface area contributed by atoms with E-state index in [1.54, 1.807) is 0 Å². The molecular weight excluding hydrogens is 1300 g/mol. The molecule has 0 bridgehead atoms. The molecule has 4 saturated heterocycles. The fourth-order valence-electron chi connectivity index (χ4n) is 10.4. The molecule has 12 rings (SSSR count). The second kappa shape index (κ2) is 24.2. The zero-order valence-electron chi connectivity index (χ0n) is 45.5. The quantitative estimate of drug-likeness (QED) is 0.0288. The van der Waals surface area contributed by atoms with Crippen molar-refractivity contribution in [1.29, 1.82) is 0 Å². The number of aryl methyl sites for hydroxylation is 1. The molecule has 4 aliphatic heterocycles. The van der Waals surface area contributed by atoms with Crippen LogP contribution in [0, 0.1) is 6.92 Å². The van der Waals surface area contributed by atoms with Crippen LogP contribution in [0.2, 0.25) is 0 Å². The molecule has 45 nitrogen and oxygen atoms in total. The zero-order chi connectivity index (χ0) is 64.1. The molecule has 8 aromatic heterocycles. The average molecular weight is 1350 g/mol. The summed E-state index contributed by atoms with van der Waals surface area (Å²) in [5, 5.41) is 57.1. The summed E-state index contributed by atoms with van der Waals surface area (Å²) in [6, 6.07) is 0. The fraction of sp³-hybridized carbons (Fsp3) is 0.512. The number of fused-ring (bicyclic) bond motifs is 4. The lowest BCUT2D eigenvalue weighted by Crippen LogP contribution is -2.37. The van der Waals surface area contributed by atoms with E-state index in [0.717, 1.165) is 58.0 Å². The van der Waals surface area contributed by atoms with Gasteiger partial charge in [-0.25, -0.2) is 78.1 Å². The third-order valence-electron chi connectivity index (χ3n) is 14.6. The molecule has 0 spiro atoms. The van der Waals surface area contributed by atoms with Gasteiger partial charge in [0.2, 0.25) is 0 Å². The number of nitrogens with two attached hydrogens (primary N) is 4. The molecule has 0 aliphatic carbocycles. The van der Waals surface area contributed by atoms with Gasteiger partial charge in [-0.05, 0) is 6.92 Å². The monoisotopic (exact) mass is 1350 g/mol. The van der Waals surface area contributed by atoms with Crippen LogP contribution in [-0.4, -0.2) is 228 Å². The number of phosphoric acid groups is 4. The maximum atomic E-state index is 14.1. The van der Waals surface area contributed by atoms with Crippen LogP contribution in [0.25, 0.3) is 44.7 Å². The molecule has 0 radical (unpaired) electrons. The van der Waals surface area contributed by atoms with Crippen molar-refractivity contribution < 1.29 is 119 Å². The maximum absolute atomic E-state index is 14.1. The minimum Gasteiger partial charge on any atom is -0.387 e. The molecule has 12 heterocycles. The van der Waals surface area contributed by atoms with Crippen molar-refractivity contribution in [2.75, 3.05) is 49.4 Å². The van der Waals surface area contributed by atoms with E-state index in [1.165, 1.54) is 11.5 Å². The lowest BCUT2D eigenvalue weighted by molar-refractivity contribution is -0.0657. The molecule has 8 aromatic rings. The normalized spacial score (nSPS) is 31.1. The molecule has 49 heteroatoms. The van der Waals surface area contributed by atoms with E-state index >= 15 is 0 Å². The number of imidazole rings is 4. The number of hydrogen-bond acceptors (Lipinski definition) is 36. The molecule has 0 saturated carbocycles. The second-order valence-electron chi connectivity index (χ2n) is 20.2. The Kier molecular flexibility index (Phi) is 17.1. The fourth-order valence-corrected chi connectivity index (χ4v) is 13.5. The highest BCUT2D eigenvalue weighted by molar-refractivity contribution is 7.48. The summed E-state index contributed by atoms with van der Waals surface area (Å²) in [6.07, 6.45) is -21.6. The van der Waals surface area contributed by atoms with E-state index in [-0.39, 0.29) is 73.8 Å². The number of phosphoric ester groups is 4. The minimum absolute atomic E-state index is 0.00853. The number of aliphatic hydroxyl groups excluding tert-OH is 5. The van der Waals surface area contributed by atoms with Crippen LogP contribution in [0.4, 0.5) is 23.3 Å². The lowest BCUT2D eigenvalue weighted by atomic mass is 10.1. The van der Waals surface area contributed by atoms with Gasteiger partial charge in [0.25, 0.3) is 0 Å². The van der Waals surface area contributed by atoms with Crippen molar-refractivity contribution in [2.24, 2.45) is 0 Å². The van der Waals surface area contributed by atoms with Crippen LogP contribution < -0.4 is 22.9 Å². The van der Waals surface area contributed by atoms with Crippen molar-refractivity contribution in [2.45, 2.75) is 105 Å². The van der Waals surface area contributed by atoms with Crippen LogP contribution in [0.1, 0.15) is 30.7 Å². The van der Waals surface area contributed by atoms with Gasteiger partial charge < -0.3 is 91.9 Å². The summed E-state index contributed by atoms with van der Waals surface area (Å²) in [4.78, 5) is 101. The van der Waals surface area contributed by atoms with Gasteiger partial charge in [-0.3, -0.25) is 49.9 Å². The van der Waals surface area contributed by atoms with E-state index in [4.69, 9.17) is 69.0 Å². The Morgan fingerprint density at radius 1 is 0.422 bits per heavy atom. The van der Waals surface area contributed by atoms with E-state index in [9.17, 15) is 68.3 Å². The Morgan fingerprint density at radius 2 is 0.733 bits per heavy atom. The maximum Gasteiger partial charge on any atom is 0.472 e. The predicted octanol–water partition coefficient (Wildman–Crippen LogP) is -4.01. The highest BCUT2D eigenvalue weighted by atomic mass is 31.2. The van der Waals surface area contributed by atoms with Crippen molar-refractivity contribution in [3.63, 3.8) is 0 Å². The van der Waals surface area contributed by atoms with Gasteiger partial charge in [0.1, 0.15) is 121 Å². The van der Waals surface area contributed by atoms with Crippen molar-refractivity contribution in [1.82, 2.24) is 78.1 Å². The summed E-state index contributed by atoms with van der Waals surface area (Å²) < 4.78 is 119. The first-order chi connectivity index (χ1) is 42.6. The molecule has 4 aliphatic rings. The number of aromatic nitrogens is 16. The van der Waals surface area contributed by atoms with Gasteiger partial charge in [0.15, 0.2) is 76.3 Å². The van der Waals surface area contributed by atoms with E-state index < -0.39 is 156 Å². The standard InChI is InChI=1S/C41H52N20O25P4/c1-13-57-21-33(45)49-9-53-37(21)61(13)38-26(66)22(62)14(80-38)3-77-88(70,71)85-28-24(64)16(82-40(28)59-11-55-19-31(43)47-7-51-35(19)59)5-79-90(74,75)86-29-25(65)17(83-41(29)60-12-56-20-32(44)48-8-52-36(20)60)4-78-89(72,73)84-27-23(63)15(2-76-87(67,68)69)81-39(27)58-10-54-18-30(42)46-6-50-34(18)58/h6-12,14-17,22-29,38-41,62-66H,2-5H2,1H3,(H,70,71)(H,72,73)(H,74,75)(H2,42,46,50)(H2,43,47,51)(H2,44,48,52)(H2,45,49,53)(H2,67,68,69)/t14-,15-,16-,17-,22-,23-,24-,25-,26-,27-,28-,29-,38-,39-,40-,41-/m1/s1. The Balaban J connectivity index is 0.752. The first kappa shape index (κ1) is 63.6. The summed E-state index contributed by atoms with van der Waals surface area (Å²) >= 11 is 0. The van der Waals surface area contributed by atoms with Crippen LogP contribution in [-0.2, 0) is 68.9 Å². The molecule has 19 atom stereocenters. The van der Waals surface area contributed by atoms with Crippen LogP contribution in [0.5, 0.6) is 0 Å². The average Bonchev–Trinajstić information content (AvgIpc) is 1.72. The van der Waals surface area contributed by atoms with Crippen molar-refractivity contribution in [3.8, 4) is 0 Å². The number of nitrogen functional groups attached to an aromatic ring is 4. The number of nitrogens with zero attached hydrogens (tertiary/aromatic N) is 16. The van der Waals surface area contributed by atoms with Gasteiger partial charge >= 0.3 is 31.3 Å². The summed E-state index contributed by atoms with van der Waals surface area (Å²) in [6.45, 7) is -2.63. The second-order valence-corrected chi connectivity index (χ2v) is 25.7. The largest absolute Gasteiger partial charge is 0.472 e. The molecule has 4 fully saturated rings. The van der Waals surface area contributed by atoms with Gasteiger partial charge in [0, 0.05) is 0 Å². The van der Waals surface area contributed by atoms with Crippen LogP contribution >= 0.6 is 31.3 Å². The molecule has 3 unspecified atom stereocenters.